The molecule has 1 saturated carbocycles. The van der Waals surface area contributed by atoms with Crippen molar-refractivity contribution in [2.75, 3.05) is 46.8 Å². The lowest BCUT2D eigenvalue weighted by Gasteiger charge is -2.17. The molecule has 2 N–H and O–H groups in total. The maximum atomic E-state index is 5.44. The zero-order valence-corrected chi connectivity index (χ0v) is 17.2. The predicted molar refractivity (Wildman–Crippen MR) is 107 cm³/mol. The van der Waals surface area contributed by atoms with Crippen molar-refractivity contribution in [3.63, 3.8) is 0 Å². The molecule has 22 heavy (non-hydrogen) atoms. The van der Waals surface area contributed by atoms with E-state index < -0.39 is 0 Å². The molecule has 0 aromatic heterocycles. The van der Waals surface area contributed by atoms with Crippen molar-refractivity contribution in [1.82, 2.24) is 10.6 Å². The average Bonchev–Trinajstić information content (AvgIpc) is 2.96. The fraction of sp³-hybridized carbons (Fsp3) is 0.933. The Morgan fingerprint density at radius 2 is 2.05 bits per heavy atom. The summed E-state index contributed by atoms with van der Waals surface area (Å²) in [6, 6.07) is 0.575. The van der Waals surface area contributed by atoms with Gasteiger partial charge >= 0.3 is 0 Å². The average molecular weight is 445 g/mol. The first-order valence-electron chi connectivity index (χ1n) is 7.86. The second-order valence-electron chi connectivity index (χ2n) is 5.32. The number of unbranched alkanes of at least 4 members (excludes halogenated alkanes) is 1. The van der Waals surface area contributed by atoms with Crippen LogP contribution in [-0.4, -0.2) is 64.0 Å². The van der Waals surface area contributed by atoms with Crippen molar-refractivity contribution in [3.05, 3.63) is 0 Å². The Labute approximate surface area is 156 Å². The van der Waals surface area contributed by atoms with Gasteiger partial charge in [-0.05, 0) is 38.4 Å². The van der Waals surface area contributed by atoms with Crippen LogP contribution in [0.1, 0.15) is 32.1 Å². The summed E-state index contributed by atoms with van der Waals surface area (Å²) < 4.78 is 10.4. The lowest BCUT2D eigenvalue weighted by Crippen LogP contribution is -2.42. The number of rotatable bonds is 10. The third-order valence-electron chi connectivity index (χ3n) is 3.72. The number of hydrogen-bond donors (Lipinski definition) is 2. The summed E-state index contributed by atoms with van der Waals surface area (Å²) in [4.78, 5) is 4.30. The van der Waals surface area contributed by atoms with E-state index in [1.165, 1.54) is 19.3 Å². The lowest BCUT2D eigenvalue weighted by molar-refractivity contribution is 0.0689. The van der Waals surface area contributed by atoms with E-state index in [1.54, 1.807) is 7.11 Å². The van der Waals surface area contributed by atoms with Crippen molar-refractivity contribution < 1.29 is 9.47 Å². The largest absolute Gasteiger partial charge is 0.382 e. The molecule has 2 unspecified atom stereocenters. The van der Waals surface area contributed by atoms with E-state index in [2.05, 4.69) is 21.9 Å². The van der Waals surface area contributed by atoms with Gasteiger partial charge in [-0.15, -0.1) is 24.0 Å². The Bertz CT molecular complexity index is 296. The van der Waals surface area contributed by atoms with Gasteiger partial charge in [0.05, 0.1) is 13.2 Å². The molecule has 1 rings (SSSR count). The summed E-state index contributed by atoms with van der Waals surface area (Å²) in [6.45, 7) is 3.10. The Balaban J connectivity index is 0.00000441. The highest BCUT2D eigenvalue weighted by molar-refractivity contribution is 14.0. The zero-order valence-electron chi connectivity index (χ0n) is 14.1. The quantitative estimate of drug-likeness (QED) is 0.234. The maximum Gasteiger partial charge on any atom is 0.191 e. The van der Waals surface area contributed by atoms with Gasteiger partial charge in [0.25, 0.3) is 0 Å². The van der Waals surface area contributed by atoms with Gasteiger partial charge in [-0.1, -0.05) is 0 Å². The molecule has 0 heterocycles. The van der Waals surface area contributed by atoms with E-state index in [1.807, 2.05) is 18.8 Å². The topological polar surface area (TPSA) is 54.9 Å². The van der Waals surface area contributed by atoms with Crippen LogP contribution in [0.4, 0.5) is 0 Å². The summed E-state index contributed by atoms with van der Waals surface area (Å²) in [5.74, 6) is 0.932. The normalized spacial score (nSPS) is 21.5. The van der Waals surface area contributed by atoms with Crippen LogP contribution < -0.4 is 10.6 Å². The van der Waals surface area contributed by atoms with E-state index in [0.717, 1.165) is 37.2 Å². The van der Waals surface area contributed by atoms with E-state index in [9.17, 15) is 0 Å². The van der Waals surface area contributed by atoms with Crippen molar-refractivity contribution in [3.8, 4) is 0 Å². The summed E-state index contributed by atoms with van der Waals surface area (Å²) in [5, 5.41) is 7.72. The molecule has 7 heteroatoms. The Morgan fingerprint density at radius 1 is 1.23 bits per heavy atom. The maximum absolute atomic E-state index is 5.44. The van der Waals surface area contributed by atoms with E-state index in [-0.39, 0.29) is 24.0 Å². The van der Waals surface area contributed by atoms with Gasteiger partial charge in [-0.2, -0.15) is 11.8 Å². The molecule has 0 spiro atoms. The molecule has 0 aromatic rings. The molecule has 0 bridgehead atoms. The number of aliphatic imine (C=N–C) groups is 1. The molecule has 2 atom stereocenters. The minimum absolute atomic E-state index is 0. The molecule has 0 aromatic carbocycles. The van der Waals surface area contributed by atoms with Crippen LogP contribution in [0.3, 0.4) is 0 Å². The number of ether oxygens (including phenoxy) is 2. The first-order chi connectivity index (χ1) is 10.3. The Morgan fingerprint density at radius 3 is 2.68 bits per heavy atom. The van der Waals surface area contributed by atoms with Crippen LogP contribution >= 0.6 is 35.7 Å². The molecule has 1 aliphatic rings. The molecule has 0 saturated heterocycles. The van der Waals surface area contributed by atoms with Crippen LogP contribution in [0.15, 0.2) is 4.99 Å². The van der Waals surface area contributed by atoms with Gasteiger partial charge in [-0.3, -0.25) is 4.99 Å². The molecule has 132 valence electrons. The highest BCUT2D eigenvalue weighted by atomic mass is 127. The first-order valence-corrected chi connectivity index (χ1v) is 9.15. The van der Waals surface area contributed by atoms with Gasteiger partial charge in [0, 0.05) is 38.6 Å². The van der Waals surface area contributed by atoms with Crippen LogP contribution in [0.2, 0.25) is 0 Å². The third-order valence-corrected chi connectivity index (χ3v) is 4.82. The number of hydrogen-bond acceptors (Lipinski definition) is 4. The summed E-state index contributed by atoms with van der Waals surface area (Å²) in [6.07, 6.45) is 8.16. The molecule has 1 fully saturated rings. The Hall–Kier alpha value is 0.270. The predicted octanol–water partition coefficient (Wildman–Crippen LogP) is 2.50. The zero-order chi connectivity index (χ0) is 15.3. The smallest absolute Gasteiger partial charge is 0.191 e. The number of methoxy groups -OCH3 is 1. The van der Waals surface area contributed by atoms with Crippen molar-refractivity contribution in [2.24, 2.45) is 4.99 Å². The number of halogens is 1. The second kappa shape index (κ2) is 14.8. The highest BCUT2D eigenvalue weighted by Crippen LogP contribution is 2.27. The van der Waals surface area contributed by atoms with Crippen LogP contribution in [-0.2, 0) is 9.47 Å². The van der Waals surface area contributed by atoms with Crippen molar-refractivity contribution in [1.29, 1.82) is 0 Å². The lowest BCUT2D eigenvalue weighted by atomic mass is 10.2. The SMILES string of the molecule is CN=C(NCCCCOCCOC)NC1CCC(SC)C1.I. The Kier molecular flexibility index (Phi) is 15.0. The molecular weight excluding hydrogens is 413 g/mol. The molecule has 0 radical (unpaired) electrons. The van der Waals surface area contributed by atoms with Crippen LogP contribution in [0.5, 0.6) is 0 Å². The fourth-order valence-corrected chi connectivity index (χ4v) is 3.25. The van der Waals surface area contributed by atoms with Gasteiger partial charge in [0.15, 0.2) is 5.96 Å². The number of thioether (sulfide) groups is 1. The third kappa shape index (κ3) is 10.1. The van der Waals surface area contributed by atoms with Crippen LogP contribution in [0.25, 0.3) is 0 Å². The van der Waals surface area contributed by atoms with Gasteiger partial charge in [0.1, 0.15) is 0 Å². The van der Waals surface area contributed by atoms with E-state index in [0.29, 0.717) is 19.3 Å². The summed E-state index contributed by atoms with van der Waals surface area (Å²) in [5.41, 5.74) is 0. The summed E-state index contributed by atoms with van der Waals surface area (Å²) >= 11 is 1.98. The minimum Gasteiger partial charge on any atom is -0.382 e. The standard InChI is InChI=1S/C15H31N3O2S.HI/c1-16-15(18-13-6-7-14(12-13)21-3)17-8-4-5-9-20-11-10-19-2;/h13-14H,4-12H2,1-3H3,(H2,16,17,18);1H. The number of nitrogens with zero attached hydrogens (tertiary/aromatic N) is 1. The molecule has 0 amide bonds. The first kappa shape index (κ1) is 22.3. The van der Waals surface area contributed by atoms with E-state index in [4.69, 9.17) is 9.47 Å². The second-order valence-corrected chi connectivity index (χ2v) is 6.46. The molecule has 1 aliphatic carbocycles. The van der Waals surface area contributed by atoms with Gasteiger partial charge in [-0.25, -0.2) is 0 Å². The number of nitrogens with one attached hydrogen (secondary N) is 2. The molecule has 5 nitrogen and oxygen atoms in total. The van der Waals surface area contributed by atoms with Gasteiger partial charge < -0.3 is 20.1 Å². The molecule has 0 aliphatic heterocycles. The fourth-order valence-electron chi connectivity index (χ4n) is 2.45. The van der Waals surface area contributed by atoms with Crippen LogP contribution in [0, 0.1) is 0 Å². The van der Waals surface area contributed by atoms with Crippen molar-refractivity contribution in [2.45, 2.75) is 43.4 Å². The van der Waals surface area contributed by atoms with Gasteiger partial charge in [0.2, 0.25) is 0 Å². The molecular formula is C15H32IN3O2S. The number of guanidine groups is 1. The monoisotopic (exact) mass is 445 g/mol. The van der Waals surface area contributed by atoms with Crippen molar-refractivity contribution >= 4 is 41.7 Å². The van der Waals surface area contributed by atoms with E-state index >= 15 is 0 Å². The minimum atomic E-state index is 0. The highest BCUT2D eigenvalue weighted by Gasteiger charge is 2.24. The summed E-state index contributed by atoms with van der Waals surface area (Å²) in [7, 11) is 3.53.